The first-order valence-corrected chi connectivity index (χ1v) is 7.46. The standard InChI is InChI=1S/C17H18ClFN2O/c1-3-16(12-5-7-13(18)8-6-12)21-17(22)20-14-9-4-11(2)15(19)10-14/h4-10,16H,3H2,1-2H3,(H2,20,21,22)/t16-/m0/s1. The van der Waals surface area contributed by atoms with Gasteiger partial charge in [0, 0.05) is 10.7 Å². The van der Waals surface area contributed by atoms with Crippen LogP contribution >= 0.6 is 11.6 Å². The Balaban J connectivity index is 2.02. The molecular formula is C17H18ClFN2O. The number of hydrogen-bond acceptors (Lipinski definition) is 1. The molecule has 0 radical (unpaired) electrons. The van der Waals surface area contributed by atoms with Crippen molar-refractivity contribution in [3.63, 3.8) is 0 Å². The average molecular weight is 321 g/mol. The first kappa shape index (κ1) is 16.3. The summed E-state index contributed by atoms with van der Waals surface area (Å²) in [6, 6.07) is 11.4. The number of aryl methyl sites for hydroxylation is 1. The minimum atomic E-state index is -0.370. The van der Waals surface area contributed by atoms with Crippen molar-refractivity contribution in [1.82, 2.24) is 5.32 Å². The summed E-state index contributed by atoms with van der Waals surface area (Å²) in [6.07, 6.45) is 0.733. The highest BCUT2D eigenvalue weighted by molar-refractivity contribution is 6.30. The Kier molecular flexibility index (Phi) is 5.39. The molecule has 116 valence electrons. The Labute approximate surface area is 134 Å². The lowest BCUT2D eigenvalue weighted by atomic mass is 10.1. The molecule has 0 fully saturated rings. The number of urea groups is 1. The molecule has 2 amide bonds. The molecule has 0 saturated heterocycles. The maximum atomic E-state index is 13.5. The zero-order valence-corrected chi connectivity index (χ0v) is 13.2. The van der Waals surface area contributed by atoms with E-state index >= 15 is 0 Å². The molecule has 2 rings (SSSR count). The molecule has 0 spiro atoms. The zero-order chi connectivity index (χ0) is 16.1. The average Bonchev–Trinajstić information content (AvgIpc) is 2.49. The molecular weight excluding hydrogens is 303 g/mol. The number of amides is 2. The molecule has 2 aromatic carbocycles. The first-order chi connectivity index (χ1) is 10.5. The van der Waals surface area contributed by atoms with Gasteiger partial charge in [0.15, 0.2) is 0 Å². The van der Waals surface area contributed by atoms with Gasteiger partial charge in [-0.05, 0) is 48.7 Å². The van der Waals surface area contributed by atoms with Gasteiger partial charge in [-0.15, -0.1) is 0 Å². The fourth-order valence-corrected chi connectivity index (χ4v) is 2.24. The number of hydrogen-bond donors (Lipinski definition) is 2. The molecule has 1 atom stereocenters. The number of carbonyl (C=O) groups is 1. The molecule has 0 aliphatic rings. The molecule has 0 aromatic heterocycles. The summed E-state index contributed by atoms with van der Waals surface area (Å²) < 4.78 is 13.5. The van der Waals surface area contributed by atoms with Crippen LogP contribution in [0.3, 0.4) is 0 Å². The van der Waals surface area contributed by atoms with E-state index in [1.807, 2.05) is 19.1 Å². The Bertz CT molecular complexity index is 658. The van der Waals surface area contributed by atoms with Crippen molar-refractivity contribution >= 4 is 23.3 Å². The van der Waals surface area contributed by atoms with Crippen LogP contribution < -0.4 is 10.6 Å². The Morgan fingerprint density at radius 1 is 1.23 bits per heavy atom. The predicted octanol–water partition coefficient (Wildman–Crippen LogP) is 5.06. The summed E-state index contributed by atoms with van der Waals surface area (Å²) >= 11 is 5.86. The van der Waals surface area contributed by atoms with Crippen LogP contribution in [0.2, 0.25) is 5.02 Å². The van der Waals surface area contributed by atoms with E-state index in [4.69, 9.17) is 11.6 Å². The third-order valence-corrected chi connectivity index (χ3v) is 3.67. The van der Waals surface area contributed by atoms with Gasteiger partial charge in [-0.25, -0.2) is 9.18 Å². The second-order valence-electron chi connectivity index (χ2n) is 5.07. The van der Waals surface area contributed by atoms with E-state index in [0.717, 1.165) is 12.0 Å². The maximum absolute atomic E-state index is 13.5. The molecule has 0 saturated carbocycles. The monoisotopic (exact) mass is 320 g/mol. The quantitative estimate of drug-likeness (QED) is 0.812. The summed E-state index contributed by atoms with van der Waals surface area (Å²) in [6.45, 7) is 3.65. The van der Waals surface area contributed by atoms with Gasteiger partial charge in [0.25, 0.3) is 0 Å². The fourth-order valence-electron chi connectivity index (χ4n) is 2.11. The Morgan fingerprint density at radius 3 is 2.50 bits per heavy atom. The summed E-state index contributed by atoms with van der Waals surface area (Å²) in [5.41, 5.74) is 1.93. The number of carbonyl (C=O) groups excluding carboxylic acids is 1. The summed E-state index contributed by atoms with van der Waals surface area (Å²) in [4.78, 5) is 12.0. The van der Waals surface area contributed by atoms with Gasteiger partial charge in [0.1, 0.15) is 5.82 Å². The third kappa shape index (κ3) is 4.21. The van der Waals surface area contributed by atoms with Crippen LogP contribution in [0.1, 0.15) is 30.5 Å². The Hall–Kier alpha value is -2.07. The zero-order valence-electron chi connectivity index (χ0n) is 12.5. The maximum Gasteiger partial charge on any atom is 0.319 e. The predicted molar refractivity (Wildman–Crippen MR) is 87.8 cm³/mol. The normalized spacial score (nSPS) is 11.8. The van der Waals surface area contributed by atoms with Crippen molar-refractivity contribution in [2.45, 2.75) is 26.3 Å². The van der Waals surface area contributed by atoms with Crippen molar-refractivity contribution in [3.05, 3.63) is 64.4 Å². The van der Waals surface area contributed by atoms with Gasteiger partial charge in [0.05, 0.1) is 6.04 Å². The molecule has 22 heavy (non-hydrogen) atoms. The van der Waals surface area contributed by atoms with E-state index < -0.39 is 0 Å². The van der Waals surface area contributed by atoms with Crippen LogP contribution in [0.4, 0.5) is 14.9 Å². The number of anilines is 1. The molecule has 3 nitrogen and oxygen atoms in total. The lowest BCUT2D eigenvalue weighted by molar-refractivity contribution is 0.248. The topological polar surface area (TPSA) is 41.1 Å². The Morgan fingerprint density at radius 2 is 1.91 bits per heavy atom. The van der Waals surface area contributed by atoms with E-state index in [2.05, 4.69) is 10.6 Å². The van der Waals surface area contributed by atoms with Crippen LogP contribution in [0.15, 0.2) is 42.5 Å². The van der Waals surface area contributed by atoms with E-state index in [9.17, 15) is 9.18 Å². The largest absolute Gasteiger partial charge is 0.331 e. The molecule has 0 aliphatic carbocycles. The second kappa shape index (κ2) is 7.27. The third-order valence-electron chi connectivity index (χ3n) is 3.42. The van der Waals surface area contributed by atoms with Gasteiger partial charge >= 0.3 is 6.03 Å². The number of rotatable bonds is 4. The first-order valence-electron chi connectivity index (χ1n) is 7.08. The minimum Gasteiger partial charge on any atom is -0.331 e. The molecule has 0 heterocycles. The minimum absolute atomic E-state index is 0.132. The highest BCUT2D eigenvalue weighted by Crippen LogP contribution is 2.20. The van der Waals surface area contributed by atoms with E-state index in [1.54, 1.807) is 31.2 Å². The lowest BCUT2D eigenvalue weighted by Crippen LogP contribution is -2.32. The van der Waals surface area contributed by atoms with E-state index in [-0.39, 0.29) is 17.9 Å². The SMILES string of the molecule is CC[C@H](NC(=O)Nc1ccc(C)c(F)c1)c1ccc(Cl)cc1. The lowest BCUT2D eigenvalue weighted by Gasteiger charge is -2.18. The van der Waals surface area contributed by atoms with Gasteiger partial charge in [-0.1, -0.05) is 36.7 Å². The highest BCUT2D eigenvalue weighted by atomic mass is 35.5. The van der Waals surface area contributed by atoms with Gasteiger partial charge in [-0.2, -0.15) is 0 Å². The summed E-state index contributed by atoms with van der Waals surface area (Å²) in [5.74, 6) is -0.345. The van der Waals surface area contributed by atoms with Crippen molar-refractivity contribution in [3.8, 4) is 0 Å². The number of nitrogens with one attached hydrogen (secondary N) is 2. The number of benzene rings is 2. The summed E-state index contributed by atoms with van der Waals surface area (Å²) in [5, 5.41) is 6.16. The molecule has 2 aromatic rings. The van der Waals surface area contributed by atoms with Gasteiger partial charge < -0.3 is 10.6 Å². The van der Waals surface area contributed by atoms with Crippen molar-refractivity contribution in [2.24, 2.45) is 0 Å². The molecule has 0 aliphatic heterocycles. The molecule has 2 N–H and O–H groups in total. The van der Waals surface area contributed by atoms with Crippen molar-refractivity contribution in [1.29, 1.82) is 0 Å². The van der Waals surface area contributed by atoms with E-state index in [1.165, 1.54) is 6.07 Å². The van der Waals surface area contributed by atoms with Crippen LogP contribution in [0.5, 0.6) is 0 Å². The van der Waals surface area contributed by atoms with Gasteiger partial charge in [-0.3, -0.25) is 0 Å². The number of halogens is 2. The van der Waals surface area contributed by atoms with Crippen LogP contribution in [-0.4, -0.2) is 6.03 Å². The fraction of sp³-hybridized carbons (Fsp3) is 0.235. The van der Waals surface area contributed by atoms with Crippen LogP contribution in [0, 0.1) is 12.7 Å². The van der Waals surface area contributed by atoms with Gasteiger partial charge in [0.2, 0.25) is 0 Å². The molecule has 5 heteroatoms. The molecule has 0 bridgehead atoms. The smallest absolute Gasteiger partial charge is 0.319 e. The van der Waals surface area contributed by atoms with Crippen LogP contribution in [-0.2, 0) is 0 Å². The van der Waals surface area contributed by atoms with Crippen molar-refractivity contribution in [2.75, 3.05) is 5.32 Å². The summed E-state index contributed by atoms with van der Waals surface area (Å²) in [7, 11) is 0. The molecule has 0 unspecified atom stereocenters. The van der Waals surface area contributed by atoms with Crippen molar-refractivity contribution < 1.29 is 9.18 Å². The highest BCUT2D eigenvalue weighted by Gasteiger charge is 2.13. The second-order valence-corrected chi connectivity index (χ2v) is 5.51. The van der Waals surface area contributed by atoms with E-state index in [0.29, 0.717) is 16.3 Å². The van der Waals surface area contributed by atoms with Crippen LogP contribution in [0.25, 0.3) is 0 Å².